The fraction of sp³-hybridized carbons (Fsp3) is 0.458. The van der Waals surface area contributed by atoms with Crippen molar-refractivity contribution in [1.82, 2.24) is 9.62 Å². The van der Waals surface area contributed by atoms with E-state index in [9.17, 15) is 26.0 Å². The fourth-order valence-corrected chi connectivity index (χ4v) is 6.22. The van der Waals surface area contributed by atoms with Crippen LogP contribution in [0.15, 0.2) is 41.3 Å². The summed E-state index contributed by atoms with van der Waals surface area (Å²) in [5.74, 6) is -0.871. The average molecular weight is 558 g/mol. The molecule has 0 spiro atoms. The van der Waals surface area contributed by atoms with Crippen LogP contribution in [0.25, 0.3) is 0 Å². The lowest BCUT2D eigenvalue weighted by Crippen LogP contribution is -2.48. The number of amides is 1. The zero-order valence-electron chi connectivity index (χ0n) is 21.2. The molecule has 3 rings (SSSR count). The molecule has 0 aromatic heterocycles. The summed E-state index contributed by atoms with van der Waals surface area (Å²) in [6.45, 7) is 4.71. The third-order valence-electron chi connectivity index (χ3n) is 6.04. The zero-order chi connectivity index (χ0) is 27.6. The van der Waals surface area contributed by atoms with E-state index in [0.29, 0.717) is 16.9 Å². The first-order valence-corrected chi connectivity index (χ1v) is 14.8. The quantitative estimate of drug-likeness (QED) is 0.455. The smallest absolute Gasteiger partial charge is 0.241 e. The highest BCUT2D eigenvalue weighted by atomic mass is 32.2. The summed E-state index contributed by atoms with van der Waals surface area (Å²) >= 11 is 0. The van der Waals surface area contributed by atoms with Crippen molar-refractivity contribution in [2.45, 2.75) is 50.2 Å². The number of nitrogens with one attached hydrogen (secondary N) is 1. The lowest BCUT2D eigenvalue weighted by atomic mass is 9.89. The Morgan fingerprint density at radius 3 is 2.54 bits per heavy atom. The minimum atomic E-state index is -4.02. The molecule has 2 aromatic rings. The molecule has 0 saturated heterocycles. The van der Waals surface area contributed by atoms with Gasteiger partial charge in [0.2, 0.25) is 26.0 Å². The van der Waals surface area contributed by atoms with Gasteiger partial charge >= 0.3 is 0 Å². The number of benzene rings is 2. The van der Waals surface area contributed by atoms with Crippen LogP contribution >= 0.6 is 0 Å². The van der Waals surface area contributed by atoms with E-state index in [0.717, 1.165) is 4.31 Å². The van der Waals surface area contributed by atoms with Crippen LogP contribution in [0.2, 0.25) is 0 Å². The van der Waals surface area contributed by atoms with E-state index in [1.807, 2.05) is 0 Å². The average Bonchev–Trinajstić information content (AvgIpc) is 2.81. The monoisotopic (exact) mass is 557 g/mol. The van der Waals surface area contributed by atoms with Gasteiger partial charge in [-0.2, -0.15) is 4.31 Å². The summed E-state index contributed by atoms with van der Waals surface area (Å²) in [6.07, 6.45) is 0.481. The Labute approximate surface area is 217 Å². The van der Waals surface area contributed by atoms with Gasteiger partial charge in [-0.1, -0.05) is 6.07 Å². The zero-order valence-corrected chi connectivity index (χ0v) is 22.8. The number of rotatable bonds is 10. The Bertz CT molecular complexity index is 1380. The van der Waals surface area contributed by atoms with Crippen LogP contribution in [0.4, 0.5) is 4.39 Å². The van der Waals surface area contributed by atoms with Crippen molar-refractivity contribution in [2.75, 3.05) is 26.0 Å². The Morgan fingerprint density at radius 2 is 1.92 bits per heavy atom. The number of ether oxygens (including phenoxy) is 2. The highest BCUT2D eigenvalue weighted by Gasteiger charge is 2.41. The number of carbonyl (C=O) groups is 1. The second kappa shape index (κ2) is 10.9. The van der Waals surface area contributed by atoms with Crippen LogP contribution in [0.5, 0.6) is 11.5 Å². The van der Waals surface area contributed by atoms with Crippen molar-refractivity contribution in [3.63, 3.8) is 0 Å². The van der Waals surface area contributed by atoms with Gasteiger partial charge in [0.25, 0.3) is 0 Å². The van der Waals surface area contributed by atoms with Crippen molar-refractivity contribution in [1.29, 1.82) is 0 Å². The molecule has 204 valence electrons. The summed E-state index contributed by atoms with van der Waals surface area (Å²) in [7, 11) is -6.56. The van der Waals surface area contributed by atoms with E-state index in [1.54, 1.807) is 19.9 Å². The molecule has 1 unspecified atom stereocenters. The summed E-state index contributed by atoms with van der Waals surface area (Å²) < 4.78 is 75.9. The summed E-state index contributed by atoms with van der Waals surface area (Å²) in [6, 6.07) is 7.61. The summed E-state index contributed by atoms with van der Waals surface area (Å²) in [4.78, 5) is 12.7. The van der Waals surface area contributed by atoms with Crippen LogP contribution < -0.4 is 19.9 Å². The molecule has 1 atom stereocenters. The number of hydrogen-bond donors (Lipinski definition) is 2. The third-order valence-corrected chi connectivity index (χ3v) is 8.80. The van der Waals surface area contributed by atoms with Gasteiger partial charge in [-0.15, -0.1) is 0 Å². The highest BCUT2D eigenvalue weighted by Crippen LogP contribution is 2.43. The standard InChI is InChI=1S/C24H32FN3O7S2/c1-5-36(30,31)28(19-14-24(2,3)35-20-9-7-17(25)13-18(19)20)15-23(29)27-11-10-16-6-8-21(34-4)22(12-16)37(26,32)33/h6-9,12-13,19H,5,10-11,14-15H2,1-4H3,(H,27,29)(H2,26,32,33). The van der Waals surface area contributed by atoms with Gasteiger partial charge in [0.15, 0.2) is 0 Å². The molecule has 3 N–H and O–H groups in total. The Balaban J connectivity index is 1.78. The van der Waals surface area contributed by atoms with Gasteiger partial charge in [-0.3, -0.25) is 4.79 Å². The van der Waals surface area contributed by atoms with E-state index >= 15 is 0 Å². The molecule has 1 aliphatic rings. The van der Waals surface area contributed by atoms with E-state index in [1.165, 1.54) is 44.4 Å². The second-order valence-corrected chi connectivity index (χ2v) is 13.1. The van der Waals surface area contributed by atoms with Crippen LogP contribution in [-0.4, -0.2) is 58.6 Å². The first kappa shape index (κ1) is 28.8. The molecule has 0 saturated carbocycles. The molecule has 10 nitrogen and oxygen atoms in total. The SMILES string of the molecule is CCS(=O)(=O)N(CC(=O)NCCc1ccc(OC)c(S(N)(=O)=O)c1)C1CC(C)(C)Oc2ccc(F)cc21. The number of halogens is 1. The minimum Gasteiger partial charge on any atom is -0.495 e. The minimum absolute atomic E-state index is 0.104. The number of nitrogens with zero attached hydrogens (tertiary/aromatic N) is 1. The van der Waals surface area contributed by atoms with E-state index in [-0.39, 0.29) is 35.8 Å². The number of sulfonamides is 2. The van der Waals surface area contributed by atoms with Gasteiger partial charge in [0, 0.05) is 18.5 Å². The number of fused-ring (bicyclic) bond motifs is 1. The maximum Gasteiger partial charge on any atom is 0.241 e. The molecule has 1 amide bonds. The Kier molecular flexibility index (Phi) is 8.52. The van der Waals surface area contributed by atoms with Crippen molar-refractivity contribution in [2.24, 2.45) is 5.14 Å². The number of methoxy groups -OCH3 is 1. The second-order valence-electron chi connectivity index (χ2n) is 9.34. The van der Waals surface area contributed by atoms with Gasteiger partial charge in [0.1, 0.15) is 27.8 Å². The number of hydrogen-bond acceptors (Lipinski definition) is 7. The van der Waals surface area contributed by atoms with Crippen LogP contribution in [0, 0.1) is 5.82 Å². The van der Waals surface area contributed by atoms with E-state index < -0.39 is 50.0 Å². The topological polar surface area (TPSA) is 145 Å². The highest BCUT2D eigenvalue weighted by molar-refractivity contribution is 7.89. The normalized spacial score (nSPS) is 17.1. The molecular weight excluding hydrogens is 525 g/mol. The van der Waals surface area contributed by atoms with E-state index in [4.69, 9.17) is 14.6 Å². The van der Waals surface area contributed by atoms with Gasteiger partial charge in [0.05, 0.1) is 25.4 Å². The van der Waals surface area contributed by atoms with Gasteiger partial charge < -0.3 is 14.8 Å². The predicted molar refractivity (Wildman–Crippen MR) is 136 cm³/mol. The van der Waals surface area contributed by atoms with E-state index in [2.05, 4.69) is 5.32 Å². The van der Waals surface area contributed by atoms with Gasteiger partial charge in [-0.25, -0.2) is 26.4 Å². The first-order valence-electron chi connectivity index (χ1n) is 11.6. The third kappa shape index (κ3) is 6.98. The molecule has 1 heterocycles. The lowest BCUT2D eigenvalue weighted by molar-refractivity contribution is -0.121. The fourth-order valence-electron chi connectivity index (χ4n) is 4.26. The Morgan fingerprint density at radius 1 is 1.22 bits per heavy atom. The molecule has 0 radical (unpaired) electrons. The molecule has 2 aromatic carbocycles. The first-order chi connectivity index (χ1) is 17.2. The number of nitrogens with two attached hydrogens (primary N) is 1. The number of primary sulfonamides is 1. The Hall–Kier alpha value is -2.74. The van der Waals surface area contributed by atoms with Crippen molar-refractivity contribution in [3.05, 3.63) is 53.3 Å². The number of carbonyl (C=O) groups excluding carboxylic acids is 1. The molecule has 0 aliphatic carbocycles. The summed E-state index contributed by atoms with van der Waals surface area (Å²) in [5, 5.41) is 7.93. The molecule has 1 aliphatic heterocycles. The maximum absolute atomic E-state index is 14.1. The molecule has 0 fully saturated rings. The summed E-state index contributed by atoms with van der Waals surface area (Å²) in [5.41, 5.74) is 0.194. The van der Waals surface area contributed by atoms with Crippen LogP contribution in [0.1, 0.15) is 44.4 Å². The lowest BCUT2D eigenvalue weighted by Gasteiger charge is -2.41. The van der Waals surface area contributed by atoms with Gasteiger partial charge in [-0.05, 0) is 63.1 Å². The van der Waals surface area contributed by atoms with Crippen LogP contribution in [0.3, 0.4) is 0 Å². The predicted octanol–water partition coefficient (Wildman–Crippen LogP) is 2.09. The van der Waals surface area contributed by atoms with Crippen LogP contribution in [-0.2, 0) is 31.3 Å². The van der Waals surface area contributed by atoms with Crippen molar-refractivity contribution in [3.8, 4) is 11.5 Å². The van der Waals surface area contributed by atoms with Crippen molar-refractivity contribution >= 4 is 26.0 Å². The molecule has 0 bridgehead atoms. The molecule has 37 heavy (non-hydrogen) atoms. The maximum atomic E-state index is 14.1. The largest absolute Gasteiger partial charge is 0.495 e. The van der Waals surface area contributed by atoms with Crippen molar-refractivity contribution < 1.29 is 35.5 Å². The molecular formula is C24H32FN3O7S2. The molecule has 13 heteroatoms.